The van der Waals surface area contributed by atoms with Crippen molar-refractivity contribution >= 4 is 23.6 Å². The third-order valence-corrected chi connectivity index (χ3v) is 5.36. The standard InChI is InChI=1S/C14H25N3O2S/c15-8-14(19)17-7-3-6-12(9-17)20-10-13(18)16-11-4-1-2-5-11/h11-12H,1-10,15H2,(H,16,18). The molecular weight excluding hydrogens is 274 g/mol. The highest BCUT2D eigenvalue weighted by atomic mass is 32.2. The van der Waals surface area contributed by atoms with Gasteiger partial charge in [0.1, 0.15) is 0 Å². The Bertz CT molecular complexity index is 345. The van der Waals surface area contributed by atoms with E-state index in [1.54, 1.807) is 11.8 Å². The molecule has 1 heterocycles. The Labute approximate surface area is 125 Å². The van der Waals surface area contributed by atoms with Crippen molar-refractivity contribution in [3.63, 3.8) is 0 Å². The number of hydrogen-bond donors (Lipinski definition) is 2. The molecule has 1 saturated heterocycles. The van der Waals surface area contributed by atoms with Crippen molar-refractivity contribution in [3.8, 4) is 0 Å². The number of rotatable bonds is 5. The van der Waals surface area contributed by atoms with Crippen LogP contribution in [0.1, 0.15) is 38.5 Å². The summed E-state index contributed by atoms with van der Waals surface area (Å²) >= 11 is 1.67. The fraction of sp³-hybridized carbons (Fsp3) is 0.857. The number of nitrogens with two attached hydrogens (primary N) is 1. The monoisotopic (exact) mass is 299 g/mol. The second-order valence-electron chi connectivity index (χ2n) is 5.67. The van der Waals surface area contributed by atoms with E-state index in [2.05, 4.69) is 5.32 Å². The first-order chi connectivity index (χ1) is 9.69. The van der Waals surface area contributed by atoms with Gasteiger partial charge in [-0.15, -0.1) is 11.8 Å². The molecule has 1 saturated carbocycles. The van der Waals surface area contributed by atoms with Gasteiger partial charge in [0.25, 0.3) is 0 Å². The molecule has 0 bridgehead atoms. The fourth-order valence-corrected chi connectivity index (χ4v) is 4.05. The molecule has 1 aliphatic heterocycles. The predicted octanol–water partition coefficient (Wildman–Crippen LogP) is 0.728. The van der Waals surface area contributed by atoms with E-state index in [0.29, 0.717) is 17.0 Å². The van der Waals surface area contributed by atoms with E-state index < -0.39 is 0 Å². The average molecular weight is 299 g/mol. The number of nitrogens with one attached hydrogen (secondary N) is 1. The summed E-state index contributed by atoms with van der Waals surface area (Å²) in [5, 5.41) is 3.47. The van der Waals surface area contributed by atoms with Gasteiger partial charge in [0.2, 0.25) is 11.8 Å². The van der Waals surface area contributed by atoms with Crippen LogP contribution in [0.4, 0.5) is 0 Å². The molecular formula is C14H25N3O2S. The first-order valence-corrected chi connectivity index (χ1v) is 8.62. The quantitative estimate of drug-likeness (QED) is 0.785. The van der Waals surface area contributed by atoms with E-state index in [0.717, 1.165) is 38.8 Å². The zero-order chi connectivity index (χ0) is 14.4. The summed E-state index contributed by atoms with van der Waals surface area (Å²) in [6.07, 6.45) is 6.80. The van der Waals surface area contributed by atoms with Crippen LogP contribution >= 0.6 is 11.8 Å². The van der Waals surface area contributed by atoms with Gasteiger partial charge >= 0.3 is 0 Å². The highest BCUT2D eigenvalue weighted by Crippen LogP contribution is 2.23. The van der Waals surface area contributed by atoms with Gasteiger partial charge < -0.3 is 16.0 Å². The largest absolute Gasteiger partial charge is 0.353 e. The summed E-state index contributed by atoms with van der Waals surface area (Å²) in [5.74, 6) is 0.668. The fourth-order valence-electron chi connectivity index (χ4n) is 2.96. The minimum absolute atomic E-state index is 0.0192. The normalized spacial score (nSPS) is 23.9. The Kier molecular flexibility index (Phi) is 6.16. The van der Waals surface area contributed by atoms with Crippen LogP contribution in [-0.4, -0.2) is 53.4 Å². The van der Waals surface area contributed by atoms with Gasteiger partial charge in [0.05, 0.1) is 12.3 Å². The van der Waals surface area contributed by atoms with Gasteiger partial charge in [-0.25, -0.2) is 0 Å². The van der Waals surface area contributed by atoms with E-state index in [-0.39, 0.29) is 18.4 Å². The smallest absolute Gasteiger partial charge is 0.236 e. The molecule has 5 nitrogen and oxygen atoms in total. The highest BCUT2D eigenvalue weighted by molar-refractivity contribution is 8.00. The molecule has 1 atom stereocenters. The second-order valence-corrected chi connectivity index (χ2v) is 6.96. The van der Waals surface area contributed by atoms with Crippen LogP contribution in [0.2, 0.25) is 0 Å². The summed E-state index contributed by atoms with van der Waals surface area (Å²) in [7, 11) is 0. The van der Waals surface area contributed by atoms with E-state index in [1.165, 1.54) is 12.8 Å². The summed E-state index contributed by atoms with van der Waals surface area (Å²) in [6.45, 7) is 1.62. The molecule has 2 fully saturated rings. The molecule has 2 aliphatic rings. The van der Waals surface area contributed by atoms with Crippen LogP contribution in [0, 0.1) is 0 Å². The predicted molar refractivity (Wildman–Crippen MR) is 81.5 cm³/mol. The lowest BCUT2D eigenvalue weighted by molar-refractivity contribution is -0.130. The van der Waals surface area contributed by atoms with Crippen molar-refractivity contribution in [2.45, 2.75) is 49.8 Å². The molecule has 1 aliphatic carbocycles. The van der Waals surface area contributed by atoms with Crippen molar-refractivity contribution in [3.05, 3.63) is 0 Å². The summed E-state index contributed by atoms with van der Waals surface area (Å²) in [4.78, 5) is 25.3. The maximum Gasteiger partial charge on any atom is 0.236 e. The second kappa shape index (κ2) is 7.88. The number of likely N-dealkylation sites (tertiary alicyclic amines) is 1. The van der Waals surface area contributed by atoms with Gasteiger partial charge in [-0.2, -0.15) is 0 Å². The van der Waals surface area contributed by atoms with Crippen LogP contribution in [0.3, 0.4) is 0 Å². The number of piperidine rings is 1. The van der Waals surface area contributed by atoms with Gasteiger partial charge in [-0.1, -0.05) is 12.8 Å². The van der Waals surface area contributed by atoms with Gasteiger partial charge in [-0.3, -0.25) is 9.59 Å². The van der Waals surface area contributed by atoms with Crippen molar-refractivity contribution in [2.75, 3.05) is 25.4 Å². The first-order valence-electron chi connectivity index (χ1n) is 7.58. The number of carbonyl (C=O) groups is 2. The molecule has 6 heteroatoms. The maximum atomic E-state index is 11.9. The van der Waals surface area contributed by atoms with E-state index in [9.17, 15) is 9.59 Å². The van der Waals surface area contributed by atoms with E-state index in [4.69, 9.17) is 5.73 Å². The van der Waals surface area contributed by atoms with Crippen molar-refractivity contribution in [1.82, 2.24) is 10.2 Å². The zero-order valence-corrected chi connectivity index (χ0v) is 12.8. The Hall–Kier alpha value is -0.750. The third-order valence-electron chi connectivity index (χ3n) is 4.08. The molecule has 0 spiro atoms. The Morgan fingerprint density at radius 2 is 1.95 bits per heavy atom. The molecule has 0 aromatic rings. The maximum absolute atomic E-state index is 11.9. The molecule has 114 valence electrons. The molecule has 2 amide bonds. The van der Waals surface area contributed by atoms with E-state index in [1.807, 2.05) is 4.90 Å². The topological polar surface area (TPSA) is 75.4 Å². The van der Waals surface area contributed by atoms with Gasteiger partial charge in [0.15, 0.2) is 0 Å². The lowest BCUT2D eigenvalue weighted by atomic mass is 10.1. The summed E-state index contributed by atoms with van der Waals surface area (Å²) in [6, 6.07) is 0.393. The summed E-state index contributed by atoms with van der Waals surface area (Å²) < 4.78 is 0. The average Bonchev–Trinajstić information content (AvgIpc) is 2.97. The molecule has 0 radical (unpaired) electrons. The van der Waals surface area contributed by atoms with Gasteiger partial charge in [0, 0.05) is 24.4 Å². The molecule has 20 heavy (non-hydrogen) atoms. The van der Waals surface area contributed by atoms with Gasteiger partial charge in [-0.05, 0) is 25.7 Å². The van der Waals surface area contributed by atoms with Crippen molar-refractivity contribution in [2.24, 2.45) is 5.73 Å². The molecule has 2 rings (SSSR count). The molecule has 0 aromatic carbocycles. The minimum atomic E-state index is 0.0192. The number of carbonyl (C=O) groups excluding carboxylic acids is 2. The first kappa shape index (κ1) is 15.6. The minimum Gasteiger partial charge on any atom is -0.353 e. The third kappa shape index (κ3) is 4.66. The number of nitrogens with zero attached hydrogens (tertiary/aromatic N) is 1. The Balaban J connectivity index is 1.67. The lowest BCUT2D eigenvalue weighted by Crippen LogP contribution is -2.44. The Morgan fingerprint density at radius 3 is 2.65 bits per heavy atom. The molecule has 3 N–H and O–H groups in total. The van der Waals surface area contributed by atoms with Crippen LogP contribution in [-0.2, 0) is 9.59 Å². The SMILES string of the molecule is NCC(=O)N1CCCC(SCC(=O)NC2CCCC2)C1. The van der Waals surface area contributed by atoms with Crippen LogP contribution in [0.5, 0.6) is 0 Å². The highest BCUT2D eigenvalue weighted by Gasteiger charge is 2.24. The van der Waals surface area contributed by atoms with Crippen LogP contribution in [0.15, 0.2) is 0 Å². The van der Waals surface area contributed by atoms with Crippen molar-refractivity contribution < 1.29 is 9.59 Å². The number of amides is 2. The molecule has 1 unspecified atom stereocenters. The van der Waals surface area contributed by atoms with E-state index >= 15 is 0 Å². The Morgan fingerprint density at radius 1 is 1.20 bits per heavy atom. The van der Waals surface area contributed by atoms with Crippen molar-refractivity contribution in [1.29, 1.82) is 0 Å². The van der Waals surface area contributed by atoms with Crippen LogP contribution in [0.25, 0.3) is 0 Å². The lowest BCUT2D eigenvalue weighted by Gasteiger charge is -2.32. The molecule has 0 aromatic heterocycles. The summed E-state index contributed by atoms with van der Waals surface area (Å²) in [5.41, 5.74) is 5.40. The number of thioether (sulfide) groups is 1. The number of hydrogen-bond acceptors (Lipinski definition) is 4. The van der Waals surface area contributed by atoms with Crippen LogP contribution < -0.4 is 11.1 Å². The zero-order valence-electron chi connectivity index (χ0n) is 12.0.